The van der Waals surface area contributed by atoms with Gasteiger partial charge in [-0.05, 0) is 26.0 Å². The Morgan fingerprint density at radius 3 is 2.74 bits per heavy atom. The van der Waals surface area contributed by atoms with Gasteiger partial charge in [0.1, 0.15) is 5.56 Å². The zero-order valence-corrected chi connectivity index (χ0v) is 11.7. The van der Waals surface area contributed by atoms with Crippen LogP contribution in [0.2, 0.25) is 0 Å². The highest BCUT2D eigenvalue weighted by Crippen LogP contribution is 2.29. The largest absolute Gasteiger partial charge is 0.462 e. The molecule has 0 bridgehead atoms. The molecule has 0 radical (unpaired) electrons. The second kappa shape index (κ2) is 5.26. The first-order valence-electron chi connectivity index (χ1n) is 6.28. The lowest BCUT2D eigenvalue weighted by Gasteiger charge is -2.19. The van der Waals surface area contributed by atoms with E-state index < -0.39 is 0 Å². The Kier molecular flexibility index (Phi) is 3.69. The van der Waals surface area contributed by atoms with Gasteiger partial charge in [0.15, 0.2) is 0 Å². The zero-order valence-electron chi connectivity index (χ0n) is 11.7. The van der Waals surface area contributed by atoms with E-state index in [0.29, 0.717) is 12.2 Å². The van der Waals surface area contributed by atoms with Gasteiger partial charge < -0.3 is 9.64 Å². The van der Waals surface area contributed by atoms with Crippen LogP contribution in [0, 0.1) is 6.92 Å². The fourth-order valence-electron chi connectivity index (χ4n) is 2.13. The molecule has 4 nitrogen and oxygen atoms in total. The number of aryl methyl sites for hydroxylation is 1. The molecule has 0 aliphatic carbocycles. The third-order valence-electron chi connectivity index (χ3n) is 2.94. The van der Waals surface area contributed by atoms with Crippen LogP contribution >= 0.6 is 0 Å². The minimum atomic E-state index is -0.331. The summed E-state index contributed by atoms with van der Waals surface area (Å²) >= 11 is 0. The van der Waals surface area contributed by atoms with Crippen LogP contribution in [0.15, 0.2) is 24.4 Å². The van der Waals surface area contributed by atoms with Gasteiger partial charge in [-0.2, -0.15) is 0 Å². The minimum absolute atomic E-state index is 0.331. The summed E-state index contributed by atoms with van der Waals surface area (Å²) < 4.78 is 5.09. The highest BCUT2D eigenvalue weighted by Gasteiger charge is 2.17. The fraction of sp³-hybridized carbons (Fsp3) is 0.333. The SMILES string of the molecule is CCOC(=O)c1cnc2ccc(C)cc2c1N(C)C. The lowest BCUT2D eigenvalue weighted by atomic mass is 10.1. The number of nitrogens with zero attached hydrogens (tertiary/aromatic N) is 2. The van der Waals surface area contributed by atoms with Gasteiger partial charge in [0.05, 0.1) is 17.8 Å². The van der Waals surface area contributed by atoms with Gasteiger partial charge in [0.2, 0.25) is 0 Å². The summed E-state index contributed by atoms with van der Waals surface area (Å²) in [6.07, 6.45) is 1.59. The van der Waals surface area contributed by atoms with Gasteiger partial charge in [0.25, 0.3) is 0 Å². The molecule has 1 heterocycles. The van der Waals surface area contributed by atoms with E-state index in [9.17, 15) is 4.79 Å². The molecule has 1 aromatic heterocycles. The summed E-state index contributed by atoms with van der Waals surface area (Å²) in [6.45, 7) is 4.18. The van der Waals surface area contributed by atoms with E-state index in [1.165, 1.54) is 0 Å². The number of aromatic nitrogens is 1. The first kappa shape index (κ1) is 13.3. The van der Waals surface area contributed by atoms with E-state index in [2.05, 4.69) is 4.98 Å². The van der Waals surface area contributed by atoms with E-state index in [1.807, 2.05) is 44.1 Å². The minimum Gasteiger partial charge on any atom is -0.462 e. The number of carbonyl (C=O) groups excluding carboxylic acids is 1. The molecule has 0 saturated heterocycles. The van der Waals surface area contributed by atoms with Crippen molar-refractivity contribution >= 4 is 22.6 Å². The molecule has 2 rings (SSSR count). The number of hydrogen-bond donors (Lipinski definition) is 0. The molecule has 0 saturated carbocycles. The molecule has 0 amide bonds. The van der Waals surface area contributed by atoms with Crippen LogP contribution in [0.5, 0.6) is 0 Å². The molecule has 0 N–H and O–H groups in total. The van der Waals surface area contributed by atoms with Crippen LogP contribution in [0.4, 0.5) is 5.69 Å². The van der Waals surface area contributed by atoms with Gasteiger partial charge in [0, 0.05) is 25.7 Å². The highest BCUT2D eigenvalue weighted by atomic mass is 16.5. The molecule has 0 spiro atoms. The molecule has 0 fully saturated rings. The van der Waals surface area contributed by atoms with Crippen LogP contribution in [-0.4, -0.2) is 31.7 Å². The molecular formula is C15H18N2O2. The molecule has 100 valence electrons. The van der Waals surface area contributed by atoms with Crippen LogP contribution in [-0.2, 0) is 4.74 Å². The topological polar surface area (TPSA) is 42.4 Å². The van der Waals surface area contributed by atoms with Crippen LogP contribution < -0.4 is 4.90 Å². The molecule has 2 aromatic rings. The summed E-state index contributed by atoms with van der Waals surface area (Å²) in [5.74, 6) is -0.331. The fourth-order valence-corrected chi connectivity index (χ4v) is 2.13. The van der Waals surface area contributed by atoms with Crippen molar-refractivity contribution in [2.45, 2.75) is 13.8 Å². The summed E-state index contributed by atoms with van der Waals surface area (Å²) in [5.41, 5.74) is 3.37. The van der Waals surface area contributed by atoms with Crippen molar-refractivity contribution in [3.05, 3.63) is 35.5 Å². The quantitative estimate of drug-likeness (QED) is 0.794. The van der Waals surface area contributed by atoms with Crippen molar-refractivity contribution in [2.24, 2.45) is 0 Å². The summed E-state index contributed by atoms with van der Waals surface area (Å²) in [6, 6.07) is 6.02. The lowest BCUT2D eigenvalue weighted by molar-refractivity contribution is 0.0527. The summed E-state index contributed by atoms with van der Waals surface area (Å²) in [7, 11) is 3.83. The average molecular weight is 258 g/mol. The number of pyridine rings is 1. The maximum atomic E-state index is 12.0. The maximum Gasteiger partial charge on any atom is 0.341 e. The second-order valence-corrected chi connectivity index (χ2v) is 4.66. The lowest BCUT2D eigenvalue weighted by Crippen LogP contribution is -2.16. The average Bonchev–Trinajstić information content (AvgIpc) is 2.37. The number of esters is 1. The summed E-state index contributed by atoms with van der Waals surface area (Å²) in [4.78, 5) is 18.3. The Labute approximate surface area is 113 Å². The molecular weight excluding hydrogens is 240 g/mol. The van der Waals surface area contributed by atoms with E-state index in [-0.39, 0.29) is 5.97 Å². The van der Waals surface area contributed by atoms with E-state index in [0.717, 1.165) is 22.2 Å². The second-order valence-electron chi connectivity index (χ2n) is 4.66. The Hall–Kier alpha value is -2.10. The number of benzene rings is 1. The summed E-state index contributed by atoms with van der Waals surface area (Å²) in [5, 5.41) is 0.968. The standard InChI is InChI=1S/C15H18N2O2/c1-5-19-15(18)12-9-16-13-7-6-10(2)8-11(13)14(12)17(3)4/h6-9H,5H2,1-4H3. The Morgan fingerprint density at radius 2 is 2.11 bits per heavy atom. The number of rotatable bonds is 3. The Balaban J connectivity index is 2.71. The third kappa shape index (κ3) is 2.52. The van der Waals surface area contributed by atoms with Crippen molar-refractivity contribution in [3.8, 4) is 0 Å². The van der Waals surface area contributed by atoms with Gasteiger partial charge in [-0.15, -0.1) is 0 Å². The zero-order chi connectivity index (χ0) is 14.0. The first-order valence-corrected chi connectivity index (χ1v) is 6.28. The smallest absolute Gasteiger partial charge is 0.341 e. The normalized spacial score (nSPS) is 10.5. The van der Waals surface area contributed by atoms with Gasteiger partial charge in [-0.25, -0.2) is 4.79 Å². The number of anilines is 1. The predicted molar refractivity (Wildman–Crippen MR) is 76.8 cm³/mol. The van der Waals surface area contributed by atoms with Crippen LogP contribution in [0.1, 0.15) is 22.8 Å². The van der Waals surface area contributed by atoms with Gasteiger partial charge >= 0.3 is 5.97 Å². The first-order chi connectivity index (χ1) is 9.04. The number of hydrogen-bond acceptors (Lipinski definition) is 4. The molecule has 0 atom stereocenters. The number of carbonyl (C=O) groups is 1. The molecule has 4 heteroatoms. The van der Waals surface area contributed by atoms with Gasteiger partial charge in [-0.1, -0.05) is 11.6 Å². The van der Waals surface area contributed by atoms with Crippen molar-refractivity contribution in [3.63, 3.8) is 0 Å². The van der Waals surface area contributed by atoms with Crippen LogP contribution in [0.3, 0.4) is 0 Å². The van der Waals surface area contributed by atoms with E-state index in [4.69, 9.17) is 4.74 Å². The molecule has 19 heavy (non-hydrogen) atoms. The van der Waals surface area contributed by atoms with Crippen molar-refractivity contribution in [2.75, 3.05) is 25.6 Å². The van der Waals surface area contributed by atoms with E-state index in [1.54, 1.807) is 13.1 Å². The molecule has 0 aliphatic heterocycles. The van der Waals surface area contributed by atoms with Crippen molar-refractivity contribution < 1.29 is 9.53 Å². The number of ether oxygens (including phenoxy) is 1. The van der Waals surface area contributed by atoms with E-state index >= 15 is 0 Å². The highest BCUT2D eigenvalue weighted by molar-refractivity contribution is 6.05. The molecule has 0 unspecified atom stereocenters. The maximum absolute atomic E-state index is 12.0. The third-order valence-corrected chi connectivity index (χ3v) is 2.94. The molecule has 0 aliphatic rings. The predicted octanol–water partition coefficient (Wildman–Crippen LogP) is 2.79. The van der Waals surface area contributed by atoms with Gasteiger partial charge in [-0.3, -0.25) is 4.98 Å². The number of fused-ring (bicyclic) bond motifs is 1. The van der Waals surface area contributed by atoms with Crippen LogP contribution in [0.25, 0.3) is 10.9 Å². The van der Waals surface area contributed by atoms with Crippen molar-refractivity contribution in [1.29, 1.82) is 0 Å². The molecule has 1 aromatic carbocycles. The monoisotopic (exact) mass is 258 g/mol. The Bertz CT molecular complexity index is 621. The van der Waals surface area contributed by atoms with Crippen molar-refractivity contribution in [1.82, 2.24) is 4.98 Å². The Morgan fingerprint density at radius 1 is 1.37 bits per heavy atom.